The van der Waals surface area contributed by atoms with E-state index in [0.29, 0.717) is 0 Å². The summed E-state index contributed by atoms with van der Waals surface area (Å²) in [5, 5.41) is 10.7. The highest BCUT2D eigenvalue weighted by atomic mass is 32.2. The molecule has 0 aromatic heterocycles. The van der Waals surface area contributed by atoms with Gasteiger partial charge in [0.1, 0.15) is 0 Å². The van der Waals surface area contributed by atoms with Crippen LogP contribution in [-0.2, 0) is 20.6 Å². The fraction of sp³-hybridized carbons (Fsp3) is 0.333. The molecular weight excluding hydrogens is 305 g/mol. The molecule has 0 aliphatic heterocycles. The van der Waals surface area contributed by atoms with Gasteiger partial charge in [-0.25, -0.2) is 8.42 Å². The smallest absolute Gasteiger partial charge is 0.278 e. The van der Waals surface area contributed by atoms with Crippen molar-refractivity contribution in [3.8, 4) is 0 Å². The molecule has 0 amide bonds. The van der Waals surface area contributed by atoms with Crippen molar-refractivity contribution in [2.75, 3.05) is 6.61 Å². The number of nitro groups is 1. The van der Waals surface area contributed by atoms with Crippen molar-refractivity contribution in [2.24, 2.45) is 0 Å². The van der Waals surface area contributed by atoms with Crippen molar-refractivity contribution in [3.63, 3.8) is 0 Å². The summed E-state index contributed by atoms with van der Waals surface area (Å²) in [4.78, 5) is 14.9. The number of hydrogen-bond donors (Lipinski definition) is 1. The SMILES string of the molecule is O=[N+]([O-])c1ccccc1CS(=O)(=O)NOCC(F)(F)F. The maximum absolute atomic E-state index is 11.8. The van der Waals surface area contributed by atoms with Gasteiger partial charge < -0.3 is 0 Å². The second kappa shape index (κ2) is 6.15. The molecule has 20 heavy (non-hydrogen) atoms. The second-order valence-electron chi connectivity index (χ2n) is 3.63. The first-order chi connectivity index (χ1) is 9.11. The maximum atomic E-state index is 11.8. The van der Waals surface area contributed by atoms with E-state index in [2.05, 4.69) is 4.84 Å². The molecule has 0 fully saturated rings. The molecule has 0 bridgehead atoms. The van der Waals surface area contributed by atoms with Crippen LogP contribution in [0.15, 0.2) is 24.3 Å². The minimum absolute atomic E-state index is 0.166. The van der Waals surface area contributed by atoms with Crippen LogP contribution in [0.4, 0.5) is 18.9 Å². The van der Waals surface area contributed by atoms with Gasteiger partial charge in [-0.15, -0.1) is 0 Å². The molecule has 0 atom stereocenters. The van der Waals surface area contributed by atoms with Crippen molar-refractivity contribution in [1.29, 1.82) is 0 Å². The number of nitro benzene ring substituents is 1. The molecule has 0 aliphatic rings. The first-order valence-electron chi connectivity index (χ1n) is 5.01. The molecule has 0 radical (unpaired) electrons. The van der Waals surface area contributed by atoms with E-state index in [1.54, 1.807) is 0 Å². The molecule has 0 heterocycles. The number of para-hydroxylation sites is 1. The molecule has 0 saturated heterocycles. The Hall–Kier alpha value is -1.72. The van der Waals surface area contributed by atoms with Crippen LogP contribution in [0.5, 0.6) is 0 Å². The number of nitrogens with one attached hydrogen (secondary N) is 1. The van der Waals surface area contributed by atoms with Gasteiger partial charge in [-0.05, 0) is 0 Å². The number of benzene rings is 1. The van der Waals surface area contributed by atoms with Gasteiger partial charge in [-0.1, -0.05) is 23.1 Å². The summed E-state index contributed by atoms with van der Waals surface area (Å²) in [7, 11) is -4.29. The van der Waals surface area contributed by atoms with Crippen molar-refractivity contribution in [2.45, 2.75) is 11.9 Å². The van der Waals surface area contributed by atoms with E-state index in [-0.39, 0.29) is 5.56 Å². The van der Waals surface area contributed by atoms with Crippen LogP contribution in [0.1, 0.15) is 5.56 Å². The number of hydrogen-bond acceptors (Lipinski definition) is 5. The summed E-state index contributed by atoms with van der Waals surface area (Å²) >= 11 is 0. The summed E-state index contributed by atoms with van der Waals surface area (Å²) in [5.74, 6) is -0.873. The first-order valence-corrected chi connectivity index (χ1v) is 6.66. The Labute approximate surface area is 111 Å². The van der Waals surface area contributed by atoms with Crippen molar-refractivity contribution in [1.82, 2.24) is 4.89 Å². The van der Waals surface area contributed by atoms with Crippen LogP contribution in [-0.4, -0.2) is 26.1 Å². The van der Waals surface area contributed by atoms with Gasteiger partial charge in [0.15, 0.2) is 6.61 Å². The lowest BCUT2D eigenvalue weighted by Gasteiger charge is -2.09. The number of nitrogens with zero attached hydrogens (tertiary/aromatic N) is 1. The van der Waals surface area contributed by atoms with E-state index in [1.165, 1.54) is 23.1 Å². The number of rotatable bonds is 6. The highest BCUT2D eigenvalue weighted by Crippen LogP contribution is 2.20. The Morgan fingerprint density at radius 3 is 2.45 bits per heavy atom. The molecule has 112 valence electrons. The summed E-state index contributed by atoms with van der Waals surface area (Å²) in [6.07, 6.45) is -4.69. The third kappa shape index (κ3) is 5.50. The number of halogens is 3. The van der Waals surface area contributed by atoms with Crippen LogP contribution < -0.4 is 4.89 Å². The minimum atomic E-state index is -4.69. The molecule has 0 aliphatic carbocycles. The van der Waals surface area contributed by atoms with Gasteiger partial charge in [0.2, 0.25) is 10.0 Å². The van der Waals surface area contributed by atoms with E-state index < -0.39 is 39.2 Å². The van der Waals surface area contributed by atoms with Crippen molar-refractivity contribution < 1.29 is 31.3 Å². The molecule has 1 aromatic carbocycles. The van der Waals surface area contributed by atoms with Crippen LogP contribution in [0.25, 0.3) is 0 Å². The molecule has 1 N–H and O–H groups in total. The van der Waals surface area contributed by atoms with E-state index in [0.717, 1.165) is 6.07 Å². The monoisotopic (exact) mass is 314 g/mol. The Bertz CT molecular complexity index is 587. The maximum Gasteiger partial charge on any atom is 0.413 e. The van der Waals surface area contributed by atoms with Gasteiger partial charge in [-0.2, -0.15) is 13.2 Å². The lowest BCUT2D eigenvalue weighted by atomic mass is 10.2. The topological polar surface area (TPSA) is 98.5 Å². The first kappa shape index (κ1) is 16.3. The summed E-state index contributed by atoms with van der Waals surface area (Å²) < 4.78 is 58.2. The van der Waals surface area contributed by atoms with E-state index >= 15 is 0 Å². The van der Waals surface area contributed by atoms with Crippen LogP contribution in [0, 0.1) is 10.1 Å². The van der Waals surface area contributed by atoms with E-state index in [1.807, 2.05) is 0 Å². The molecule has 0 saturated carbocycles. The lowest BCUT2D eigenvalue weighted by Crippen LogP contribution is -2.30. The minimum Gasteiger partial charge on any atom is -0.278 e. The molecular formula is C9H9F3N2O5S. The van der Waals surface area contributed by atoms with Gasteiger partial charge in [0.25, 0.3) is 5.69 Å². The molecule has 1 rings (SSSR count). The fourth-order valence-electron chi connectivity index (χ4n) is 1.25. The predicted octanol–water partition coefficient (Wildman–Crippen LogP) is 1.51. The Morgan fingerprint density at radius 1 is 1.30 bits per heavy atom. The Kier molecular flexibility index (Phi) is 5.03. The molecule has 7 nitrogen and oxygen atoms in total. The molecule has 0 unspecified atom stereocenters. The zero-order chi connectivity index (χ0) is 15.4. The summed E-state index contributed by atoms with van der Waals surface area (Å²) in [6, 6.07) is 4.97. The van der Waals surface area contributed by atoms with E-state index in [4.69, 9.17) is 0 Å². The lowest BCUT2D eigenvalue weighted by molar-refractivity contribution is -0.385. The summed E-state index contributed by atoms with van der Waals surface area (Å²) in [6.45, 7) is -1.80. The van der Waals surface area contributed by atoms with Crippen molar-refractivity contribution in [3.05, 3.63) is 39.9 Å². The highest BCUT2D eigenvalue weighted by Gasteiger charge is 2.29. The number of sulfonamides is 1. The van der Waals surface area contributed by atoms with Crippen LogP contribution >= 0.6 is 0 Å². The average molecular weight is 314 g/mol. The quantitative estimate of drug-likeness (QED) is 0.634. The molecule has 0 spiro atoms. The highest BCUT2D eigenvalue weighted by molar-refractivity contribution is 7.88. The standard InChI is InChI=1S/C9H9F3N2O5S/c10-9(11,12)6-19-13-20(17,18)5-7-3-1-2-4-8(7)14(15)16/h1-4,13H,5-6H2. The third-order valence-corrected chi connectivity index (χ3v) is 3.02. The largest absolute Gasteiger partial charge is 0.413 e. The number of alkyl halides is 3. The average Bonchev–Trinajstić information content (AvgIpc) is 2.26. The normalized spacial score (nSPS) is 12.3. The van der Waals surface area contributed by atoms with Gasteiger partial charge in [0.05, 0.1) is 10.7 Å². The van der Waals surface area contributed by atoms with E-state index in [9.17, 15) is 31.7 Å². The molecule has 1 aromatic rings. The van der Waals surface area contributed by atoms with Gasteiger partial charge in [-0.3, -0.25) is 15.0 Å². The summed E-state index contributed by atoms with van der Waals surface area (Å²) in [5.41, 5.74) is -0.616. The Morgan fingerprint density at radius 2 is 1.90 bits per heavy atom. The Balaban J connectivity index is 2.74. The fourth-order valence-corrected chi connectivity index (χ4v) is 2.20. The zero-order valence-corrected chi connectivity index (χ0v) is 10.6. The van der Waals surface area contributed by atoms with Gasteiger partial charge in [0, 0.05) is 11.6 Å². The second-order valence-corrected chi connectivity index (χ2v) is 5.32. The van der Waals surface area contributed by atoms with Crippen LogP contribution in [0.2, 0.25) is 0 Å². The van der Waals surface area contributed by atoms with Crippen LogP contribution in [0.3, 0.4) is 0 Å². The molecule has 11 heteroatoms. The van der Waals surface area contributed by atoms with Gasteiger partial charge >= 0.3 is 6.18 Å². The van der Waals surface area contributed by atoms with Crippen molar-refractivity contribution >= 4 is 15.7 Å². The predicted molar refractivity (Wildman–Crippen MR) is 60.9 cm³/mol. The third-order valence-electron chi connectivity index (χ3n) is 1.96. The zero-order valence-electron chi connectivity index (χ0n) is 9.75.